The second-order valence-electron chi connectivity index (χ2n) is 5.96. The number of hydrogen-bond donors (Lipinski definition) is 2. The van der Waals surface area contributed by atoms with Crippen LogP contribution in [0.25, 0.3) is 0 Å². The van der Waals surface area contributed by atoms with Gasteiger partial charge in [-0.05, 0) is 32.9 Å². The maximum Gasteiger partial charge on any atom is 0.120 e. The van der Waals surface area contributed by atoms with Crippen molar-refractivity contribution in [2.75, 3.05) is 20.6 Å². The summed E-state index contributed by atoms with van der Waals surface area (Å²) in [5.74, 6) is 1.86. The lowest BCUT2D eigenvalue weighted by atomic mass is 9.75. The normalized spacial score (nSPS) is 28.8. The summed E-state index contributed by atoms with van der Waals surface area (Å²) in [6, 6.07) is 0. The molecule has 4 heteroatoms. The summed E-state index contributed by atoms with van der Waals surface area (Å²) in [7, 11) is 4.43. The average molecular weight is 250 g/mol. The minimum atomic E-state index is 0.324. The molecule has 1 fully saturated rings. The van der Waals surface area contributed by atoms with Gasteiger partial charge in [0, 0.05) is 24.5 Å². The van der Waals surface area contributed by atoms with Gasteiger partial charge in [0.25, 0.3) is 0 Å². The first-order chi connectivity index (χ1) is 8.62. The molecule has 0 amide bonds. The minimum Gasteiger partial charge on any atom is -0.348 e. The van der Waals surface area contributed by atoms with Crippen LogP contribution in [0.3, 0.4) is 0 Å². The van der Waals surface area contributed by atoms with E-state index in [-0.39, 0.29) is 0 Å². The first-order valence-corrected chi connectivity index (χ1v) is 6.99. The van der Waals surface area contributed by atoms with Crippen molar-refractivity contribution in [2.24, 2.45) is 5.92 Å². The zero-order valence-corrected chi connectivity index (χ0v) is 11.9. The van der Waals surface area contributed by atoms with Gasteiger partial charge >= 0.3 is 0 Å². The molecular formula is C14H26N4. The molecule has 18 heavy (non-hydrogen) atoms. The summed E-state index contributed by atoms with van der Waals surface area (Å²) in [4.78, 5) is 9.80. The van der Waals surface area contributed by atoms with Gasteiger partial charge in [-0.25, -0.2) is 4.98 Å². The maximum atomic E-state index is 4.25. The van der Waals surface area contributed by atoms with Crippen molar-refractivity contribution in [3.63, 3.8) is 0 Å². The second-order valence-corrected chi connectivity index (χ2v) is 5.96. The number of hydrogen-bond acceptors (Lipinski definition) is 3. The summed E-state index contributed by atoms with van der Waals surface area (Å²) in [6.07, 6.45) is 9.01. The molecule has 0 aliphatic heterocycles. The fourth-order valence-electron chi connectivity index (χ4n) is 3.17. The Morgan fingerprint density at radius 3 is 3.00 bits per heavy atom. The molecule has 1 heterocycles. The number of nitrogens with zero attached hydrogens (tertiary/aromatic N) is 2. The summed E-state index contributed by atoms with van der Waals surface area (Å²) in [5.41, 5.74) is 0.324. The number of likely N-dealkylation sites (N-methyl/N-ethyl adjacent to an activating group) is 1. The van der Waals surface area contributed by atoms with Crippen LogP contribution in [0.4, 0.5) is 0 Å². The summed E-state index contributed by atoms with van der Waals surface area (Å²) in [5, 5.41) is 3.56. The number of imidazole rings is 1. The quantitative estimate of drug-likeness (QED) is 0.840. The van der Waals surface area contributed by atoms with Crippen LogP contribution >= 0.6 is 0 Å². The van der Waals surface area contributed by atoms with Gasteiger partial charge in [-0.3, -0.25) is 0 Å². The van der Waals surface area contributed by atoms with E-state index < -0.39 is 0 Å². The Bertz CT molecular complexity index is 347. The van der Waals surface area contributed by atoms with Crippen LogP contribution in [-0.2, 0) is 6.54 Å². The van der Waals surface area contributed by atoms with Gasteiger partial charge in [0.1, 0.15) is 5.82 Å². The van der Waals surface area contributed by atoms with Gasteiger partial charge in [0.2, 0.25) is 0 Å². The van der Waals surface area contributed by atoms with Crippen LogP contribution < -0.4 is 5.32 Å². The number of rotatable bonds is 5. The van der Waals surface area contributed by atoms with Gasteiger partial charge < -0.3 is 15.2 Å². The Labute approximate surface area is 110 Å². The van der Waals surface area contributed by atoms with E-state index in [0.717, 1.165) is 24.8 Å². The predicted molar refractivity (Wildman–Crippen MR) is 74.3 cm³/mol. The average Bonchev–Trinajstić information content (AvgIpc) is 2.82. The highest BCUT2D eigenvalue weighted by molar-refractivity contribution is 4.95. The lowest BCUT2D eigenvalue weighted by Gasteiger charge is -2.45. The smallest absolute Gasteiger partial charge is 0.120 e. The van der Waals surface area contributed by atoms with E-state index in [9.17, 15) is 0 Å². The SMILES string of the molecule is CC1CCCC(CNCc2ncc[nH]2)(N(C)C)C1. The summed E-state index contributed by atoms with van der Waals surface area (Å²) >= 11 is 0. The first kappa shape index (κ1) is 13.6. The second kappa shape index (κ2) is 5.85. The van der Waals surface area contributed by atoms with Crippen LogP contribution in [0.5, 0.6) is 0 Å². The molecule has 0 spiro atoms. The number of H-pyrrole nitrogens is 1. The zero-order chi connectivity index (χ0) is 13.0. The van der Waals surface area contributed by atoms with Gasteiger partial charge in [-0.2, -0.15) is 0 Å². The number of nitrogens with one attached hydrogen (secondary N) is 2. The standard InChI is InChI=1S/C14H26N4/c1-12-5-4-6-14(9-12,18(2)3)11-15-10-13-16-7-8-17-13/h7-8,12,15H,4-6,9-11H2,1-3H3,(H,16,17). The summed E-state index contributed by atoms with van der Waals surface area (Å²) in [6.45, 7) is 4.26. The van der Waals surface area contributed by atoms with Crippen molar-refractivity contribution in [1.29, 1.82) is 0 Å². The molecule has 2 atom stereocenters. The van der Waals surface area contributed by atoms with Crippen LogP contribution in [0.1, 0.15) is 38.4 Å². The highest BCUT2D eigenvalue weighted by atomic mass is 15.2. The molecule has 102 valence electrons. The van der Waals surface area contributed by atoms with Gasteiger partial charge in [-0.15, -0.1) is 0 Å². The third-order valence-electron chi connectivity index (χ3n) is 4.32. The molecule has 1 saturated carbocycles. The molecule has 1 aromatic rings. The largest absolute Gasteiger partial charge is 0.348 e. The van der Waals surface area contributed by atoms with E-state index in [2.05, 4.69) is 41.2 Å². The van der Waals surface area contributed by atoms with Crippen LogP contribution in [-0.4, -0.2) is 41.0 Å². The fraction of sp³-hybridized carbons (Fsp3) is 0.786. The Morgan fingerprint density at radius 1 is 1.56 bits per heavy atom. The van der Waals surface area contributed by atoms with E-state index >= 15 is 0 Å². The Kier molecular flexibility index (Phi) is 4.40. The highest BCUT2D eigenvalue weighted by Crippen LogP contribution is 2.35. The third-order valence-corrected chi connectivity index (χ3v) is 4.32. The molecule has 1 aliphatic carbocycles. The van der Waals surface area contributed by atoms with Crippen LogP contribution in [0.2, 0.25) is 0 Å². The lowest BCUT2D eigenvalue weighted by Crippen LogP contribution is -2.54. The molecular weight excluding hydrogens is 224 g/mol. The molecule has 1 aromatic heterocycles. The zero-order valence-electron chi connectivity index (χ0n) is 11.9. The Balaban J connectivity index is 1.89. The van der Waals surface area contributed by atoms with Gasteiger partial charge in [0.05, 0.1) is 6.54 Å². The molecule has 0 bridgehead atoms. The van der Waals surface area contributed by atoms with E-state index in [1.165, 1.54) is 25.7 Å². The van der Waals surface area contributed by atoms with Crippen molar-refractivity contribution in [2.45, 2.75) is 44.7 Å². The molecule has 0 saturated heterocycles. The fourth-order valence-corrected chi connectivity index (χ4v) is 3.17. The number of aromatic nitrogens is 2. The van der Waals surface area contributed by atoms with E-state index in [0.29, 0.717) is 5.54 Å². The molecule has 4 nitrogen and oxygen atoms in total. The number of aromatic amines is 1. The molecule has 2 unspecified atom stereocenters. The van der Waals surface area contributed by atoms with Crippen molar-refractivity contribution in [3.8, 4) is 0 Å². The van der Waals surface area contributed by atoms with Crippen molar-refractivity contribution >= 4 is 0 Å². The Morgan fingerprint density at radius 2 is 2.39 bits per heavy atom. The summed E-state index contributed by atoms with van der Waals surface area (Å²) < 4.78 is 0. The van der Waals surface area contributed by atoms with Crippen LogP contribution in [0, 0.1) is 5.92 Å². The highest BCUT2D eigenvalue weighted by Gasteiger charge is 2.36. The molecule has 2 N–H and O–H groups in total. The van der Waals surface area contributed by atoms with Crippen molar-refractivity contribution < 1.29 is 0 Å². The lowest BCUT2D eigenvalue weighted by molar-refractivity contribution is 0.0748. The monoisotopic (exact) mass is 250 g/mol. The molecule has 2 rings (SSSR count). The maximum absolute atomic E-state index is 4.25. The predicted octanol–water partition coefficient (Wildman–Crippen LogP) is 2.01. The van der Waals surface area contributed by atoms with Gasteiger partial charge in [0.15, 0.2) is 0 Å². The Hall–Kier alpha value is -0.870. The van der Waals surface area contributed by atoms with E-state index in [1.807, 2.05) is 6.20 Å². The van der Waals surface area contributed by atoms with Crippen molar-refractivity contribution in [3.05, 3.63) is 18.2 Å². The van der Waals surface area contributed by atoms with Crippen LogP contribution in [0.15, 0.2) is 12.4 Å². The van der Waals surface area contributed by atoms with E-state index in [4.69, 9.17) is 0 Å². The first-order valence-electron chi connectivity index (χ1n) is 6.99. The third kappa shape index (κ3) is 3.12. The minimum absolute atomic E-state index is 0.324. The van der Waals surface area contributed by atoms with Crippen molar-refractivity contribution in [1.82, 2.24) is 20.2 Å². The molecule has 0 aromatic carbocycles. The topological polar surface area (TPSA) is 44.0 Å². The molecule has 1 aliphatic rings. The molecule has 0 radical (unpaired) electrons. The van der Waals surface area contributed by atoms with Gasteiger partial charge in [-0.1, -0.05) is 19.8 Å². The van der Waals surface area contributed by atoms with E-state index in [1.54, 1.807) is 6.20 Å².